The second kappa shape index (κ2) is 4.58. The number of rotatable bonds is 2. The van der Waals surface area contributed by atoms with Gasteiger partial charge in [0.1, 0.15) is 11.3 Å². The smallest absolute Gasteiger partial charge is 0.192 e. The summed E-state index contributed by atoms with van der Waals surface area (Å²) < 4.78 is 18.7. The molecule has 1 aliphatic rings. The number of fused-ring (bicyclic) bond motifs is 2. The molecule has 4 rings (SSSR count). The minimum atomic E-state index is -0.158. The molecule has 3 aromatic rings. The summed E-state index contributed by atoms with van der Waals surface area (Å²) in [7, 11) is 0. The van der Waals surface area contributed by atoms with Gasteiger partial charge < -0.3 is 9.73 Å². The van der Waals surface area contributed by atoms with Crippen LogP contribution in [0.5, 0.6) is 0 Å². The topological polar surface area (TPSA) is 38.1 Å². The molecule has 106 valence electrons. The van der Waals surface area contributed by atoms with Crippen LogP contribution in [0.25, 0.3) is 11.1 Å². The van der Waals surface area contributed by atoms with Crippen LogP contribution >= 0.6 is 0 Å². The molecule has 1 heterocycles. The summed E-state index contributed by atoms with van der Waals surface area (Å²) in [4.78, 5) is 4.35. The van der Waals surface area contributed by atoms with E-state index in [9.17, 15) is 4.39 Å². The molecule has 4 heteroatoms. The number of benzene rings is 2. The lowest BCUT2D eigenvalue weighted by Crippen LogP contribution is -2.06. The molecule has 21 heavy (non-hydrogen) atoms. The lowest BCUT2D eigenvalue weighted by molar-refractivity contribution is 0.561. The molecule has 1 atom stereocenters. The number of aryl methyl sites for hydroxylation is 2. The maximum absolute atomic E-state index is 13.3. The molecule has 0 saturated carbocycles. The summed E-state index contributed by atoms with van der Waals surface area (Å²) in [6.45, 7) is 1.84. The lowest BCUT2D eigenvalue weighted by Gasteiger charge is -2.15. The van der Waals surface area contributed by atoms with Gasteiger partial charge in [-0.15, -0.1) is 0 Å². The Balaban J connectivity index is 1.64. The molecular formula is C17H15FN2O. The van der Waals surface area contributed by atoms with Crippen LogP contribution in [0.2, 0.25) is 0 Å². The van der Waals surface area contributed by atoms with Crippen LogP contribution in [0.3, 0.4) is 0 Å². The minimum absolute atomic E-state index is 0.158. The van der Waals surface area contributed by atoms with Crippen molar-refractivity contribution in [2.24, 2.45) is 0 Å². The molecule has 0 fully saturated rings. The van der Waals surface area contributed by atoms with Crippen molar-refractivity contribution in [3.05, 3.63) is 59.2 Å². The summed E-state index contributed by atoms with van der Waals surface area (Å²) in [5.74, 6) is 0.512. The maximum Gasteiger partial charge on any atom is 0.192 e. The van der Waals surface area contributed by atoms with E-state index in [1.807, 2.05) is 31.2 Å². The number of anilines is 1. The Kier molecular flexibility index (Phi) is 2.70. The molecule has 1 aromatic heterocycles. The molecule has 1 N–H and O–H groups in total. The van der Waals surface area contributed by atoms with E-state index in [1.54, 1.807) is 6.07 Å². The molecule has 1 unspecified atom stereocenters. The third-order valence-electron chi connectivity index (χ3n) is 4.02. The molecule has 0 radical (unpaired) electrons. The number of hydrogen-bond acceptors (Lipinski definition) is 3. The fourth-order valence-electron chi connectivity index (χ4n) is 3.07. The number of nitrogens with zero attached hydrogens (tertiary/aromatic N) is 1. The molecular weight excluding hydrogens is 267 g/mol. The van der Waals surface area contributed by atoms with Crippen LogP contribution in [-0.4, -0.2) is 4.98 Å². The van der Waals surface area contributed by atoms with Crippen LogP contribution < -0.4 is 5.32 Å². The summed E-state index contributed by atoms with van der Waals surface area (Å²) >= 11 is 0. The average Bonchev–Trinajstić information content (AvgIpc) is 3.01. The van der Waals surface area contributed by atoms with E-state index in [0.717, 1.165) is 35.2 Å². The van der Waals surface area contributed by atoms with Gasteiger partial charge in [0, 0.05) is 12.6 Å². The molecule has 0 saturated heterocycles. The Hall–Kier alpha value is -2.36. The van der Waals surface area contributed by atoms with Gasteiger partial charge in [-0.1, -0.05) is 6.07 Å². The molecule has 3 nitrogen and oxygen atoms in total. The number of aromatic nitrogens is 1. The Morgan fingerprint density at radius 2 is 2.14 bits per heavy atom. The monoisotopic (exact) mass is 282 g/mol. The quantitative estimate of drug-likeness (QED) is 0.758. The Morgan fingerprint density at radius 1 is 1.24 bits per heavy atom. The van der Waals surface area contributed by atoms with Crippen molar-refractivity contribution in [2.45, 2.75) is 25.8 Å². The zero-order chi connectivity index (χ0) is 14.4. The van der Waals surface area contributed by atoms with Crippen molar-refractivity contribution in [1.82, 2.24) is 4.98 Å². The summed E-state index contributed by atoms with van der Waals surface area (Å²) in [5, 5.41) is 3.51. The van der Waals surface area contributed by atoms with Gasteiger partial charge in [-0.25, -0.2) is 9.37 Å². The zero-order valence-corrected chi connectivity index (χ0v) is 11.7. The predicted molar refractivity (Wildman–Crippen MR) is 79.8 cm³/mol. The first-order chi connectivity index (χ1) is 10.2. The van der Waals surface area contributed by atoms with Gasteiger partial charge in [-0.05, 0) is 54.3 Å². The zero-order valence-electron chi connectivity index (χ0n) is 11.7. The third kappa shape index (κ3) is 2.17. The van der Waals surface area contributed by atoms with Crippen molar-refractivity contribution in [3.63, 3.8) is 0 Å². The molecule has 0 amide bonds. The van der Waals surface area contributed by atoms with Crippen molar-refractivity contribution < 1.29 is 8.81 Å². The highest BCUT2D eigenvalue weighted by Crippen LogP contribution is 2.34. The van der Waals surface area contributed by atoms with E-state index >= 15 is 0 Å². The van der Waals surface area contributed by atoms with Crippen molar-refractivity contribution in [2.75, 3.05) is 5.32 Å². The lowest BCUT2D eigenvalue weighted by atomic mass is 10.1. The molecule has 0 aliphatic heterocycles. The fourth-order valence-corrected chi connectivity index (χ4v) is 3.07. The van der Waals surface area contributed by atoms with Crippen LogP contribution in [0.1, 0.15) is 29.5 Å². The first kappa shape index (κ1) is 12.4. The van der Waals surface area contributed by atoms with Gasteiger partial charge >= 0.3 is 0 Å². The van der Waals surface area contributed by atoms with Crippen molar-refractivity contribution >= 4 is 16.8 Å². The molecule has 2 aromatic carbocycles. The fraction of sp³-hybridized carbons (Fsp3) is 0.235. The minimum Gasteiger partial charge on any atom is -0.441 e. The Labute approximate surface area is 121 Å². The second-order valence-corrected chi connectivity index (χ2v) is 5.49. The average molecular weight is 282 g/mol. The second-order valence-electron chi connectivity index (χ2n) is 5.49. The molecule has 0 spiro atoms. The van der Waals surface area contributed by atoms with E-state index in [-0.39, 0.29) is 11.9 Å². The molecule has 0 bridgehead atoms. The van der Waals surface area contributed by atoms with E-state index in [1.165, 1.54) is 11.6 Å². The Morgan fingerprint density at radius 3 is 3.05 bits per heavy atom. The largest absolute Gasteiger partial charge is 0.441 e. The Bertz CT molecular complexity index is 825. The first-order valence-electron chi connectivity index (χ1n) is 7.11. The van der Waals surface area contributed by atoms with Crippen LogP contribution in [0.4, 0.5) is 10.1 Å². The first-order valence-corrected chi connectivity index (χ1v) is 7.11. The SMILES string of the molecule is Cc1nc2cc(NC3CCc4cc(F)ccc43)ccc2o1. The normalized spacial score (nSPS) is 17.1. The van der Waals surface area contributed by atoms with Gasteiger partial charge in [-0.3, -0.25) is 0 Å². The van der Waals surface area contributed by atoms with E-state index < -0.39 is 0 Å². The van der Waals surface area contributed by atoms with Crippen LogP contribution in [0, 0.1) is 12.7 Å². The number of halogens is 1. The van der Waals surface area contributed by atoms with Gasteiger partial charge in [0.15, 0.2) is 11.5 Å². The van der Waals surface area contributed by atoms with E-state index in [0.29, 0.717) is 5.89 Å². The maximum atomic E-state index is 13.3. The number of nitrogens with one attached hydrogen (secondary N) is 1. The van der Waals surface area contributed by atoms with E-state index in [4.69, 9.17) is 4.42 Å². The van der Waals surface area contributed by atoms with Gasteiger partial charge in [0.25, 0.3) is 0 Å². The highest BCUT2D eigenvalue weighted by Gasteiger charge is 2.22. The summed E-state index contributed by atoms with van der Waals surface area (Å²) in [5.41, 5.74) is 4.96. The van der Waals surface area contributed by atoms with Crippen molar-refractivity contribution in [3.8, 4) is 0 Å². The third-order valence-corrected chi connectivity index (χ3v) is 4.02. The highest BCUT2D eigenvalue weighted by molar-refractivity contribution is 5.77. The standard InChI is InChI=1S/C17H15FN2O/c1-10-19-16-9-13(4-7-17(16)21-10)20-15-6-2-11-8-12(18)3-5-14(11)15/h3-5,7-9,15,20H,2,6H2,1H3. The van der Waals surface area contributed by atoms with E-state index in [2.05, 4.69) is 10.3 Å². The summed E-state index contributed by atoms with van der Waals surface area (Å²) in [6.07, 6.45) is 1.89. The molecule has 1 aliphatic carbocycles. The number of oxazole rings is 1. The van der Waals surface area contributed by atoms with Gasteiger partial charge in [-0.2, -0.15) is 0 Å². The predicted octanol–water partition coefficient (Wildman–Crippen LogP) is 4.37. The van der Waals surface area contributed by atoms with Gasteiger partial charge in [0.2, 0.25) is 0 Å². The van der Waals surface area contributed by atoms with Crippen LogP contribution in [0.15, 0.2) is 40.8 Å². The summed E-state index contributed by atoms with van der Waals surface area (Å²) in [6, 6.07) is 11.2. The highest BCUT2D eigenvalue weighted by atomic mass is 19.1. The van der Waals surface area contributed by atoms with Gasteiger partial charge in [0.05, 0.1) is 6.04 Å². The number of hydrogen-bond donors (Lipinski definition) is 1. The van der Waals surface area contributed by atoms with Crippen LogP contribution in [-0.2, 0) is 6.42 Å². The van der Waals surface area contributed by atoms with Crippen molar-refractivity contribution in [1.29, 1.82) is 0 Å².